The van der Waals surface area contributed by atoms with Gasteiger partial charge in [-0.15, -0.1) is 0 Å². The summed E-state index contributed by atoms with van der Waals surface area (Å²) < 4.78 is 0. The van der Waals surface area contributed by atoms with Gasteiger partial charge in [0.05, 0.1) is 0 Å². The molecule has 1 N–H and O–H groups in total. The molecule has 0 fully saturated rings. The molecule has 12 heavy (non-hydrogen) atoms. The van der Waals surface area contributed by atoms with Crippen LogP contribution in [0.1, 0.15) is 24.2 Å². The lowest BCUT2D eigenvalue weighted by molar-refractivity contribution is 0.532. The predicted molar refractivity (Wildman–Crippen MR) is 49.4 cm³/mol. The van der Waals surface area contributed by atoms with Crippen molar-refractivity contribution in [3.63, 3.8) is 0 Å². The molecule has 0 spiro atoms. The molecule has 64 valence electrons. The lowest BCUT2D eigenvalue weighted by Gasteiger charge is -2.22. The van der Waals surface area contributed by atoms with E-state index in [2.05, 4.69) is 23.3 Å². The Hall–Kier alpha value is -0.600. The Morgan fingerprint density at radius 1 is 1.58 bits per heavy atom. The smallest absolute Gasteiger partial charge is 0.129 e. The first kappa shape index (κ1) is 8.02. The molecule has 0 saturated carbocycles. The Bertz CT molecular complexity index is 299. The molecule has 0 saturated heterocycles. The second-order valence-corrected chi connectivity index (χ2v) is 3.48. The summed E-state index contributed by atoms with van der Waals surface area (Å²) in [4.78, 5) is 4.29. The fourth-order valence-corrected chi connectivity index (χ4v) is 1.76. The maximum Gasteiger partial charge on any atom is 0.129 e. The van der Waals surface area contributed by atoms with Gasteiger partial charge < -0.3 is 5.32 Å². The summed E-state index contributed by atoms with van der Waals surface area (Å²) in [5, 5.41) is 3.97. The molecular weight excluding hydrogens is 172 g/mol. The lowest BCUT2D eigenvalue weighted by atomic mass is 10.0. The maximum atomic E-state index is 5.79. The number of pyridine rings is 1. The standard InChI is InChI=1S/C9H11ClN2/c1-6-7-2-3-9(10)12-8(7)4-5-11-6/h2-3,6,11H,4-5H2,1H3/t6-/m1/s1. The number of nitrogens with one attached hydrogen (secondary N) is 1. The molecule has 1 aromatic rings. The number of halogens is 1. The van der Waals surface area contributed by atoms with Crippen LogP contribution in [0.3, 0.4) is 0 Å². The first-order valence-corrected chi connectivity index (χ1v) is 4.54. The zero-order chi connectivity index (χ0) is 8.55. The number of rotatable bonds is 0. The van der Waals surface area contributed by atoms with Crippen LogP contribution in [0.25, 0.3) is 0 Å². The van der Waals surface area contributed by atoms with Gasteiger partial charge in [0.2, 0.25) is 0 Å². The molecule has 0 bridgehead atoms. The van der Waals surface area contributed by atoms with Crippen LogP contribution in [0.2, 0.25) is 5.15 Å². The van der Waals surface area contributed by atoms with E-state index in [4.69, 9.17) is 11.6 Å². The minimum atomic E-state index is 0.415. The zero-order valence-electron chi connectivity index (χ0n) is 6.97. The minimum Gasteiger partial charge on any atom is -0.310 e. The molecule has 1 aliphatic rings. The SMILES string of the molecule is C[C@H]1NCCc2nc(Cl)ccc21. The van der Waals surface area contributed by atoms with Gasteiger partial charge in [-0.2, -0.15) is 0 Å². The van der Waals surface area contributed by atoms with Gasteiger partial charge >= 0.3 is 0 Å². The third kappa shape index (κ3) is 1.32. The third-order valence-corrected chi connectivity index (χ3v) is 2.46. The van der Waals surface area contributed by atoms with E-state index in [-0.39, 0.29) is 0 Å². The van der Waals surface area contributed by atoms with Crippen LogP contribution < -0.4 is 5.32 Å². The molecular formula is C9H11ClN2. The summed E-state index contributed by atoms with van der Waals surface area (Å²) in [5.41, 5.74) is 2.43. The number of aromatic nitrogens is 1. The average Bonchev–Trinajstić information content (AvgIpc) is 2.04. The maximum absolute atomic E-state index is 5.79. The van der Waals surface area contributed by atoms with Crippen LogP contribution in [0.4, 0.5) is 0 Å². The Kier molecular flexibility index (Phi) is 2.03. The molecule has 0 amide bonds. The van der Waals surface area contributed by atoms with E-state index in [1.807, 2.05) is 6.07 Å². The largest absolute Gasteiger partial charge is 0.310 e. The third-order valence-electron chi connectivity index (χ3n) is 2.25. The van der Waals surface area contributed by atoms with Gasteiger partial charge in [-0.25, -0.2) is 4.98 Å². The van der Waals surface area contributed by atoms with Crippen molar-refractivity contribution >= 4 is 11.6 Å². The normalized spacial score (nSPS) is 22.0. The highest BCUT2D eigenvalue weighted by molar-refractivity contribution is 6.29. The first-order chi connectivity index (χ1) is 5.77. The molecule has 2 nitrogen and oxygen atoms in total. The monoisotopic (exact) mass is 182 g/mol. The van der Waals surface area contributed by atoms with Crippen molar-refractivity contribution in [1.82, 2.24) is 10.3 Å². The zero-order valence-corrected chi connectivity index (χ0v) is 7.73. The summed E-state index contributed by atoms with van der Waals surface area (Å²) in [5.74, 6) is 0. The number of hydrogen-bond acceptors (Lipinski definition) is 2. The molecule has 2 heterocycles. The van der Waals surface area contributed by atoms with E-state index in [0.717, 1.165) is 18.7 Å². The Morgan fingerprint density at radius 2 is 2.42 bits per heavy atom. The van der Waals surface area contributed by atoms with Gasteiger partial charge in [-0.3, -0.25) is 0 Å². The average molecular weight is 183 g/mol. The molecule has 0 aromatic carbocycles. The number of nitrogens with zero attached hydrogens (tertiary/aromatic N) is 1. The van der Waals surface area contributed by atoms with Crippen molar-refractivity contribution in [2.24, 2.45) is 0 Å². The second kappa shape index (κ2) is 3.04. The molecule has 0 unspecified atom stereocenters. The van der Waals surface area contributed by atoms with Crippen molar-refractivity contribution in [3.8, 4) is 0 Å². The molecule has 1 atom stereocenters. The highest BCUT2D eigenvalue weighted by Gasteiger charge is 2.16. The fraction of sp³-hybridized carbons (Fsp3) is 0.444. The van der Waals surface area contributed by atoms with Crippen LogP contribution >= 0.6 is 11.6 Å². The van der Waals surface area contributed by atoms with Crippen LogP contribution in [0.15, 0.2) is 12.1 Å². The van der Waals surface area contributed by atoms with Crippen molar-refractivity contribution in [3.05, 3.63) is 28.5 Å². The Balaban J connectivity index is 2.46. The van der Waals surface area contributed by atoms with Crippen LogP contribution in [-0.4, -0.2) is 11.5 Å². The molecule has 2 rings (SSSR count). The van der Waals surface area contributed by atoms with E-state index >= 15 is 0 Å². The Morgan fingerprint density at radius 3 is 3.25 bits per heavy atom. The molecule has 3 heteroatoms. The van der Waals surface area contributed by atoms with E-state index < -0.39 is 0 Å². The lowest BCUT2D eigenvalue weighted by Crippen LogP contribution is -2.28. The summed E-state index contributed by atoms with van der Waals surface area (Å²) in [7, 11) is 0. The quantitative estimate of drug-likeness (QED) is 0.621. The van der Waals surface area contributed by atoms with E-state index in [0.29, 0.717) is 11.2 Å². The van der Waals surface area contributed by atoms with Gasteiger partial charge in [0.15, 0.2) is 0 Å². The van der Waals surface area contributed by atoms with Gasteiger partial charge in [-0.05, 0) is 18.6 Å². The molecule has 0 aliphatic carbocycles. The summed E-state index contributed by atoms with van der Waals surface area (Å²) in [6, 6.07) is 4.32. The van der Waals surface area contributed by atoms with Crippen LogP contribution in [0, 0.1) is 0 Å². The molecule has 0 radical (unpaired) electrons. The summed E-state index contributed by atoms with van der Waals surface area (Å²) >= 11 is 5.79. The van der Waals surface area contributed by atoms with E-state index in [1.54, 1.807) is 0 Å². The number of hydrogen-bond donors (Lipinski definition) is 1. The molecule has 1 aliphatic heterocycles. The Labute approximate surface area is 77.0 Å². The summed E-state index contributed by atoms with van der Waals surface area (Å²) in [6.07, 6.45) is 0.986. The van der Waals surface area contributed by atoms with E-state index in [1.165, 1.54) is 5.56 Å². The van der Waals surface area contributed by atoms with Crippen molar-refractivity contribution in [2.45, 2.75) is 19.4 Å². The highest BCUT2D eigenvalue weighted by Crippen LogP contribution is 2.22. The number of fused-ring (bicyclic) bond motifs is 1. The van der Waals surface area contributed by atoms with Crippen molar-refractivity contribution in [1.29, 1.82) is 0 Å². The van der Waals surface area contributed by atoms with Gasteiger partial charge in [0, 0.05) is 24.7 Å². The van der Waals surface area contributed by atoms with Gasteiger partial charge in [0.25, 0.3) is 0 Å². The minimum absolute atomic E-state index is 0.415. The first-order valence-electron chi connectivity index (χ1n) is 4.16. The second-order valence-electron chi connectivity index (χ2n) is 3.10. The van der Waals surface area contributed by atoms with E-state index in [9.17, 15) is 0 Å². The topological polar surface area (TPSA) is 24.9 Å². The summed E-state index contributed by atoms with van der Waals surface area (Å²) in [6.45, 7) is 3.15. The van der Waals surface area contributed by atoms with Crippen LogP contribution in [-0.2, 0) is 6.42 Å². The van der Waals surface area contributed by atoms with Gasteiger partial charge in [0.1, 0.15) is 5.15 Å². The van der Waals surface area contributed by atoms with Gasteiger partial charge in [-0.1, -0.05) is 17.7 Å². The predicted octanol–water partition coefficient (Wildman–Crippen LogP) is 1.94. The highest BCUT2D eigenvalue weighted by atomic mass is 35.5. The van der Waals surface area contributed by atoms with Crippen molar-refractivity contribution < 1.29 is 0 Å². The fourth-order valence-electron chi connectivity index (χ4n) is 1.60. The molecule has 1 aromatic heterocycles. The van der Waals surface area contributed by atoms with Crippen molar-refractivity contribution in [2.75, 3.05) is 6.54 Å². The van der Waals surface area contributed by atoms with Crippen LogP contribution in [0.5, 0.6) is 0 Å².